The van der Waals surface area contributed by atoms with Crippen molar-refractivity contribution in [2.45, 2.75) is 26.0 Å². The summed E-state index contributed by atoms with van der Waals surface area (Å²) in [6.07, 6.45) is 0. The molecule has 4 nitrogen and oxygen atoms in total. The molecule has 3 rings (SSSR count). The zero-order valence-corrected chi connectivity index (χ0v) is 12.6. The number of benzene rings is 1. The van der Waals surface area contributed by atoms with E-state index >= 15 is 0 Å². The molecule has 0 saturated carbocycles. The van der Waals surface area contributed by atoms with Crippen LogP contribution in [0.1, 0.15) is 33.2 Å². The number of aromatic amines is 1. The topological polar surface area (TPSA) is 57.8 Å². The largest absolute Gasteiger partial charge is 0.308 e. The number of aromatic nitrogens is 2. The summed E-state index contributed by atoms with van der Waals surface area (Å²) in [7, 11) is 0. The first kappa shape index (κ1) is 13.2. The number of carbonyl (C=O) groups excluding carboxylic acids is 1. The molecule has 1 aromatic carbocycles. The zero-order valence-electron chi connectivity index (χ0n) is 11.8. The fraction of sp³-hybridized carbons (Fsp3) is 0.333. The van der Waals surface area contributed by atoms with E-state index in [4.69, 9.17) is 0 Å². The fourth-order valence-electron chi connectivity index (χ4n) is 2.63. The van der Waals surface area contributed by atoms with E-state index in [9.17, 15) is 4.79 Å². The van der Waals surface area contributed by atoms with E-state index in [0.717, 1.165) is 11.3 Å². The standard InChI is InChI=1S/C15H17N3OS/c1-8-4-5-11(9(2)6-8)14-13-10(3)17-18-15(13)16-12(19)7-20-14/h4-6,14H,7H2,1-3H3,(H2,16,17,18,19)/t14-/m1/s1. The third-order valence-corrected chi connectivity index (χ3v) is 4.86. The smallest absolute Gasteiger partial charge is 0.235 e. The Bertz CT molecular complexity index is 678. The van der Waals surface area contributed by atoms with E-state index in [1.54, 1.807) is 11.8 Å². The first-order chi connectivity index (χ1) is 9.56. The quantitative estimate of drug-likeness (QED) is 0.847. The number of nitrogens with zero attached hydrogens (tertiary/aromatic N) is 1. The second kappa shape index (κ2) is 4.98. The molecule has 0 saturated heterocycles. The van der Waals surface area contributed by atoms with Gasteiger partial charge in [-0.3, -0.25) is 9.89 Å². The van der Waals surface area contributed by atoms with Crippen molar-refractivity contribution in [3.63, 3.8) is 0 Å². The van der Waals surface area contributed by atoms with Gasteiger partial charge in [0.1, 0.15) is 0 Å². The minimum atomic E-state index is 0.00927. The van der Waals surface area contributed by atoms with Crippen molar-refractivity contribution < 1.29 is 4.79 Å². The van der Waals surface area contributed by atoms with Gasteiger partial charge in [0.25, 0.3) is 0 Å². The number of amides is 1. The first-order valence-electron chi connectivity index (χ1n) is 6.59. The molecular weight excluding hydrogens is 270 g/mol. The Morgan fingerprint density at radius 2 is 2.10 bits per heavy atom. The average Bonchev–Trinajstić information content (AvgIpc) is 2.65. The number of anilines is 1. The monoisotopic (exact) mass is 287 g/mol. The molecule has 2 heterocycles. The van der Waals surface area contributed by atoms with Gasteiger partial charge >= 0.3 is 0 Å². The lowest BCUT2D eigenvalue weighted by Crippen LogP contribution is -2.12. The molecule has 0 fully saturated rings. The number of hydrogen-bond acceptors (Lipinski definition) is 3. The van der Waals surface area contributed by atoms with Crippen LogP contribution in [0.25, 0.3) is 0 Å². The minimum absolute atomic E-state index is 0.00927. The number of aryl methyl sites for hydroxylation is 3. The molecule has 1 amide bonds. The lowest BCUT2D eigenvalue weighted by Gasteiger charge is -2.18. The van der Waals surface area contributed by atoms with Crippen LogP contribution in [0.2, 0.25) is 0 Å². The Morgan fingerprint density at radius 3 is 2.85 bits per heavy atom. The lowest BCUT2D eigenvalue weighted by atomic mass is 9.98. The number of nitrogens with one attached hydrogen (secondary N) is 2. The van der Waals surface area contributed by atoms with E-state index in [-0.39, 0.29) is 11.2 Å². The third-order valence-electron chi connectivity index (χ3n) is 3.60. The molecule has 1 aromatic heterocycles. The fourth-order valence-corrected chi connectivity index (χ4v) is 3.92. The van der Waals surface area contributed by atoms with Crippen LogP contribution in [-0.2, 0) is 4.79 Å². The molecule has 1 aliphatic rings. The molecule has 20 heavy (non-hydrogen) atoms. The number of hydrogen-bond donors (Lipinski definition) is 2. The predicted molar refractivity (Wildman–Crippen MR) is 82.2 cm³/mol. The number of H-pyrrole nitrogens is 1. The molecule has 5 heteroatoms. The molecule has 104 valence electrons. The SMILES string of the molecule is Cc1ccc([C@H]2SCC(=O)Nc3n[nH]c(C)c32)c(C)c1. The highest BCUT2D eigenvalue weighted by Gasteiger charge is 2.28. The van der Waals surface area contributed by atoms with Crippen molar-refractivity contribution in [3.8, 4) is 0 Å². The summed E-state index contributed by atoms with van der Waals surface area (Å²) in [6, 6.07) is 6.47. The highest BCUT2D eigenvalue weighted by Crippen LogP contribution is 2.43. The molecule has 2 N–H and O–H groups in total. The van der Waals surface area contributed by atoms with Gasteiger partial charge in [-0.25, -0.2) is 0 Å². The molecule has 0 bridgehead atoms. The van der Waals surface area contributed by atoms with E-state index in [2.05, 4.69) is 47.6 Å². The van der Waals surface area contributed by atoms with Crippen LogP contribution in [0.4, 0.5) is 5.82 Å². The highest BCUT2D eigenvalue weighted by atomic mass is 32.2. The third kappa shape index (κ3) is 2.22. The molecular formula is C15H17N3OS. The van der Waals surface area contributed by atoms with Gasteiger partial charge in [0, 0.05) is 11.3 Å². The van der Waals surface area contributed by atoms with E-state index < -0.39 is 0 Å². The first-order valence-corrected chi connectivity index (χ1v) is 7.64. The number of carbonyl (C=O) groups is 1. The minimum Gasteiger partial charge on any atom is -0.308 e. The maximum atomic E-state index is 11.8. The van der Waals surface area contributed by atoms with Crippen molar-refractivity contribution in [2.75, 3.05) is 11.1 Å². The Balaban J connectivity index is 2.13. The molecule has 0 spiro atoms. The number of thioether (sulfide) groups is 1. The van der Waals surface area contributed by atoms with Crippen molar-refractivity contribution in [3.05, 3.63) is 46.1 Å². The molecule has 0 unspecified atom stereocenters. The molecule has 0 aliphatic carbocycles. The highest BCUT2D eigenvalue weighted by molar-refractivity contribution is 8.00. The number of fused-ring (bicyclic) bond motifs is 1. The molecule has 0 radical (unpaired) electrons. The summed E-state index contributed by atoms with van der Waals surface area (Å²) in [5, 5.41) is 10.2. The van der Waals surface area contributed by atoms with Gasteiger partial charge in [0.05, 0.1) is 11.0 Å². The van der Waals surface area contributed by atoms with Crippen LogP contribution in [0.5, 0.6) is 0 Å². The van der Waals surface area contributed by atoms with Crippen LogP contribution in [0.3, 0.4) is 0 Å². The summed E-state index contributed by atoms with van der Waals surface area (Å²) >= 11 is 1.65. The van der Waals surface area contributed by atoms with Crippen LogP contribution in [-0.4, -0.2) is 21.9 Å². The summed E-state index contributed by atoms with van der Waals surface area (Å²) in [6.45, 7) is 6.22. The van der Waals surface area contributed by atoms with E-state index in [1.807, 2.05) is 6.92 Å². The van der Waals surface area contributed by atoms with Crippen molar-refractivity contribution in [2.24, 2.45) is 0 Å². The van der Waals surface area contributed by atoms with Crippen molar-refractivity contribution in [1.82, 2.24) is 10.2 Å². The maximum absolute atomic E-state index is 11.8. The molecule has 2 aromatic rings. The van der Waals surface area contributed by atoms with Gasteiger partial charge in [-0.2, -0.15) is 5.10 Å². The Kier molecular flexibility index (Phi) is 3.30. The van der Waals surface area contributed by atoms with E-state index in [1.165, 1.54) is 16.7 Å². The van der Waals surface area contributed by atoms with Gasteiger partial charge in [0.15, 0.2) is 5.82 Å². The summed E-state index contributed by atoms with van der Waals surface area (Å²) in [5.74, 6) is 1.13. The summed E-state index contributed by atoms with van der Waals surface area (Å²) < 4.78 is 0. The van der Waals surface area contributed by atoms with Crippen molar-refractivity contribution >= 4 is 23.5 Å². The normalized spacial score (nSPS) is 18.4. The lowest BCUT2D eigenvalue weighted by molar-refractivity contribution is -0.113. The van der Waals surface area contributed by atoms with Crippen molar-refractivity contribution in [1.29, 1.82) is 0 Å². The van der Waals surface area contributed by atoms with Crippen LogP contribution in [0.15, 0.2) is 18.2 Å². The summed E-state index contributed by atoms with van der Waals surface area (Å²) in [5.41, 5.74) is 5.86. The predicted octanol–water partition coefficient (Wildman–Crippen LogP) is 3.11. The second-order valence-corrected chi connectivity index (χ2v) is 6.30. The van der Waals surface area contributed by atoms with Gasteiger partial charge in [-0.05, 0) is 31.9 Å². The average molecular weight is 287 g/mol. The molecule has 1 aliphatic heterocycles. The van der Waals surface area contributed by atoms with Gasteiger partial charge in [-0.15, -0.1) is 11.8 Å². The van der Waals surface area contributed by atoms with Gasteiger partial charge in [0.2, 0.25) is 5.91 Å². The Hall–Kier alpha value is -1.75. The van der Waals surface area contributed by atoms with Gasteiger partial charge in [-0.1, -0.05) is 23.8 Å². The Labute approximate surface area is 122 Å². The molecule has 1 atom stereocenters. The maximum Gasteiger partial charge on any atom is 0.235 e. The van der Waals surface area contributed by atoms with Crippen LogP contribution in [0, 0.1) is 20.8 Å². The second-order valence-electron chi connectivity index (χ2n) is 5.21. The van der Waals surface area contributed by atoms with Crippen LogP contribution >= 0.6 is 11.8 Å². The summed E-state index contributed by atoms with van der Waals surface area (Å²) in [4.78, 5) is 11.8. The number of rotatable bonds is 1. The van der Waals surface area contributed by atoms with Crippen LogP contribution < -0.4 is 5.32 Å². The van der Waals surface area contributed by atoms with Gasteiger partial charge < -0.3 is 5.32 Å². The Morgan fingerprint density at radius 1 is 1.30 bits per heavy atom. The zero-order chi connectivity index (χ0) is 14.3. The van der Waals surface area contributed by atoms with E-state index in [0.29, 0.717) is 11.6 Å².